The third kappa shape index (κ3) is 4.02. The lowest BCUT2D eigenvalue weighted by Crippen LogP contribution is -2.12. The Kier molecular flexibility index (Phi) is 4.91. The molecule has 0 spiro atoms. The minimum atomic E-state index is -0.594. The standard InChI is InChI=1S/C17H19F2NO/c1-11-6-14(12(2)20-3)4-5-17(11)21-10-13-7-15(18)9-16(19)8-13/h4-9,12,20H,10H2,1-3H3. The van der Waals surface area contributed by atoms with Crippen LogP contribution in [0.15, 0.2) is 36.4 Å². The summed E-state index contributed by atoms with van der Waals surface area (Å²) in [6.45, 7) is 4.16. The van der Waals surface area contributed by atoms with Crippen molar-refractivity contribution in [2.75, 3.05) is 7.05 Å². The summed E-state index contributed by atoms with van der Waals surface area (Å²) in [5.41, 5.74) is 2.63. The molecule has 1 N–H and O–H groups in total. The number of nitrogens with one attached hydrogen (secondary N) is 1. The van der Waals surface area contributed by atoms with E-state index in [1.165, 1.54) is 17.7 Å². The van der Waals surface area contributed by atoms with Crippen LogP contribution >= 0.6 is 0 Å². The smallest absolute Gasteiger partial charge is 0.126 e. The molecule has 0 saturated carbocycles. The van der Waals surface area contributed by atoms with E-state index in [9.17, 15) is 8.78 Å². The lowest BCUT2D eigenvalue weighted by atomic mass is 10.1. The van der Waals surface area contributed by atoms with E-state index in [1.54, 1.807) is 0 Å². The van der Waals surface area contributed by atoms with Crippen LogP contribution in [-0.2, 0) is 6.61 Å². The van der Waals surface area contributed by atoms with E-state index in [2.05, 4.69) is 12.2 Å². The van der Waals surface area contributed by atoms with Gasteiger partial charge >= 0.3 is 0 Å². The summed E-state index contributed by atoms with van der Waals surface area (Å²) in [7, 11) is 1.91. The highest BCUT2D eigenvalue weighted by Gasteiger charge is 2.07. The second kappa shape index (κ2) is 6.68. The van der Waals surface area contributed by atoms with E-state index in [0.29, 0.717) is 11.3 Å². The lowest BCUT2D eigenvalue weighted by Gasteiger charge is -2.14. The highest BCUT2D eigenvalue weighted by atomic mass is 19.1. The Hall–Kier alpha value is -1.94. The molecule has 2 nitrogen and oxygen atoms in total. The molecular weight excluding hydrogens is 272 g/mol. The molecule has 2 rings (SSSR count). The van der Waals surface area contributed by atoms with Crippen molar-refractivity contribution >= 4 is 0 Å². The molecule has 0 aliphatic carbocycles. The molecule has 1 unspecified atom stereocenters. The normalized spacial score (nSPS) is 12.2. The monoisotopic (exact) mass is 291 g/mol. The van der Waals surface area contributed by atoms with Gasteiger partial charge in [0.05, 0.1) is 0 Å². The number of benzene rings is 2. The molecule has 0 aliphatic rings. The molecule has 4 heteroatoms. The minimum Gasteiger partial charge on any atom is -0.489 e. The van der Waals surface area contributed by atoms with Crippen LogP contribution in [0.1, 0.15) is 29.7 Å². The molecule has 0 saturated heterocycles. The molecule has 0 fully saturated rings. The Morgan fingerprint density at radius 1 is 1.10 bits per heavy atom. The van der Waals surface area contributed by atoms with Crippen molar-refractivity contribution in [3.8, 4) is 5.75 Å². The molecule has 0 bridgehead atoms. The van der Waals surface area contributed by atoms with Gasteiger partial charge in [0, 0.05) is 12.1 Å². The van der Waals surface area contributed by atoms with Crippen molar-refractivity contribution in [2.45, 2.75) is 26.5 Å². The van der Waals surface area contributed by atoms with Crippen molar-refractivity contribution in [2.24, 2.45) is 0 Å². The van der Waals surface area contributed by atoms with Gasteiger partial charge in [-0.2, -0.15) is 0 Å². The number of hydrogen-bond donors (Lipinski definition) is 1. The Bertz CT molecular complexity index is 608. The van der Waals surface area contributed by atoms with Gasteiger partial charge in [-0.05, 0) is 55.8 Å². The molecule has 0 aliphatic heterocycles. The van der Waals surface area contributed by atoms with Gasteiger partial charge in [-0.15, -0.1) is 0 Å². The summed E-state index contributed by atoms with van der Waals surface area (Å²) in [5.74, 6) is -0.473. The Balaban J connectivity index is 2.09. The second-order valence-electron chi connectivity index (χ2n) is 5.10. The molecular formula is C17H19F2NO. The fourth-order valence-corrected chi connectivity index (χ4v) is 2.13. The maximum Gasteiger partial charge on any atom is 0.126 e. The number of ether oxygens (including phenoxy) is 1. The first-order valence-electron chi connectivity index (χ1n) is 6.85. The fraction of sp³-hybridized carbons (Fsp3) is 0.294. The highest BCUT2D eigenvalue weighted by molar-refractivity contribution is 5.37. The van der Waals surface area contributed by atoms with Crippen LogP contribution < -0.4 is 10.1 Å². The van der Waals surface area contributed by atoms with Crippen molar-refractivity contribution in [3.63, 3.8) is 0 Å². The number of rotatable bonds is 5. The van der Waals surface area contributed by atoms with E-state index in [0.717, 1.165) is 11.6 Å². The number of halogens is 2. The van der Waals surface area contributed by atoms with Crippen LogP contribution in [-0.4, -0.2) is 7.05 Å². The SMILES string of the molecule is CNC(C)c1ccc(OCc2cc(F)cc(F)c2)c(C)c1. The summed E-state index contributed by atoms with van der Waals surface area (Å²) >= 11 is 0. The Morgan fingerprint density at radius 3 is 2.33 bits per heavy atom. The van der Waals surface area contributed by atoms with Gasteiger partial charge in [0.15, 0.2) is 0 Å². The van der Waals surface area contributed by atoms with Crippen LogP contribution in [0.4, 0.5) is 8.78 Å². The quantitative estimate of drug-likeness (QED) is 0.894. The van der Waals surface area contributed by atoms with Gasteiger partial charge in [-0.3, -0.25) is 0 Å². The largest absolute Gasteiger partial charge is 0.489 e. The number of hydrogen-bond acceptors (Lipinski definition) is 2. The van der Waals surface area contributed by atoms with Crippen LogP contribution in [0.5, 0.6) is 5.75 Å². The molecule has 0 aromatic heterocycles. The predicted octanol–water partition coefficient (Wildman–Crippen LogP) is 4.13. The van der Waals surface area contributed by atoms with Crippen LogP contribution in [0, 0.1) is 18.6 Å². The molecule has 0 heterocycles. The summed E-state index contributed by atoms with van der Waals surface area (Å²) in [4.78, 5) is 0. The molecule has 0 radical (unpaired) electrons. The van der Waals surface area contributed by atoms with E-state index < -0.39 is 11.6 Å². The first kappa shape index (κ1) is 15.4. The molecule has 21 heavy (non-hydrogen) atoms. The number of aryl methyl sites for hydroxylation is 1. The van der Waals surface area contributed by atoms with E-state index in [1.807, 2.05) is 32.2 Å². The van der Waals surface area contributed by atoms with Crippen molar-refractivity contribution in [1.82, 2.24) is 5.32 Å². The van der Waals surface area contributed by atoms with Crippen molar-refractivity contribution in [3.05, 3.63) is 64.7 Å². The summed E-state index contributed by atoms with van der Waals surface area (Å²) in [6, 6.07) is 9.57. The fourth-order valence-electron chi connectivity index (χ4n) is 2.13. The topological polar surface area (TPSA) is 21.3 Å². The van der Waals surface area contributed by atoms with E-state index in [-0.39, 0.29) is 12.6 Å². The first-order valence-corrected chi connectivity index (χ1v) is 6.85. The van der Waals surface area contributed by atoms with Crippen molar-refractivity contribution in [1.29, 1.82) is 0 Å². The molecule has 2 aromatic rings. The predicted molar refractivity (Wildman–Crippen MR) is 79.3 cm³/mol. The second-order valence-corrected chi connectivity index (χ2v) is 5.10. The summed E-state index contributed by atoms with van der Waals surface area (Å²) < 4.78 is 31.9. The first-order chi connectivity index (χ1) is 9.99. The highest BCUT2D eigenvalue weighted by Crippen LogP contribution is 2.23. The van der Waals surface area contributed by atoms with Crippen molar-refractivity contribution < 1.29 is 13.5 Å². The minimum absolute atomic E-state index is 0.135. The van der Waals surface area contributed by atoms with E-state index >= 15 is 0 Å². The Morgan fingerprint density at radius 2 is 1.76 bits per heavy atom. The third-order valence-corrected chi connectivity index (χ3v) is 3.45. The van der Waals surface area contributed by atoms with Gasteiger partial charge in [-0.25, -0.2) is 8.78 Å². The van der Waals surface area contributed by atoms with Gasteiger partial charge < -0.3 is 10.1 Å². The zero-order chi connectivity index (χ0) is 15.4. The van der Waals surface area contributed by atoms with Crippen LogP contribution in [0.2, 0.25) is 0 Å². The molecule has 1 atom stereocenters. The van der Waals surface area contributed by atoms with E-state index in [4.69, 9.17) is 4.74 Å². The average molecular weight is 291 g/mol. The zero-order valence-corrected chi connectivity index (χ0v) is 12.4. The zero-order valence-electron chi connectivity index (χ0n) is 12.4. The molecule has 0 amide bonds. The maximum absolute atomic E-state index is 13.1. The summed E-state index contributed by atoms with van der Waals surface area (Å²) in [6.07, 6.45) is 0. The van der Waals surface area contributed by atoms with Gasteiger partial charge in [-0.1, -0.05) is 12.1 Å². The molecule has 2 aromatic carbocycles. The lowest BCUT2D eigenvalue weighted by molar-refractivity contribution is 0.302. The maximum atomic E-state index is 13.1. The van der Waals surface area contributed by atoms with Gasteiger partial charge in [0.25, 0.3) is 0 Å². The third-order valence-electron chi connectivity index (χ3n) is 3.45. The van der Waals surface area contributed by atoms with Crippen LogP contribution in [0.3, 0.4) is 0 Å². The molecule has 112 valence electrons. The van der Waals surface area contributed by atoms with Crippen LogP contribution in [0.25, 0.3) is 0 Å². The van der Waals surface area contributed by atoms with Gasteiger partial charge in [0.2, 0.25) is 0 Å². The Labute approximate surface area is 123 Å². The summed E-state index contributed by atoms with van der Waals surface area (Å²) in [5, 5.41) is 3.17. The van der Waals surface area contributed by atoms with Gasteiger partial charge in [0.1, 0.15) is 24.0 Å². The average Bonchev–Trinajstić information content (AvgIpc) is 2.44.